The molecule has 2 N–H and O–H groups in total. The predicted molar refractivity (Wildman–Crippen MR) is 65.0 cm³/mol. The fraction of sp³-hybridized carbons (Fsp3) is 0.308. The van der Waals surface area contributed by atoms with Crippen molar-refractivity contribution in [3.63, 3.8) is 0 Å². The Kier molecular flexibility index (Phi) is 3.37. The van der Waals surface area contributed by atoms with E-state index in [0.29, 0.717) is 0 Å². The molecule has 0 aliphatic rings. The van der Waals surface area contributed by atoms with Crippen molar-refractivity contribution in [1.82, 2.24) is 9.55 Å². The summed E-state index contributed by atoms with van der Waals surface area (Å²) in [5.41, 5.74) is 8.53. The van der Waals surface area contributed by atoms with Gasteiger partial charge in [0.25, 0.3) is 0 Å². The fourth-order valence-corrected chi connectivity index (χ4v) is 1.85. The summed E-state index contributed by atoms with van der Waals surface area (Å²) in [5.74, 6) is 0. The molecular formula is C13H17N3. The lowest BCUT2D eigenvalue weighted by Gasteiger charge is -2.12. The van der Waals surface area contributed by atoms with Gasteiger partial charge in [-0.2, -0.15) is 0 Å². The number of hydrogen-bond acceptors (Lipinski definition) is 2. The SMILES string of the molecule is CCn1cncc1CC(N)c1ccccc1. The first-order chi connectivity index (χ1) is 7.81. The van der Waals surface area contributed by atoms with Crippen molar-refractivity contribution in [3.8, 4) is 0 Å². The Bertz CT molecular complexity index is 433. The maximum Gasteiger partial charge on any atom is 0.0948 e. The highest BCUT2D eigenvalue weighted by Gasteiger charge is 2.09. The van der Waals surface area contributed by atoms with Gasteiger partial charge in [-0.05, 0) is 12.5 Å². The van der Waals surface area contributed by atoms with E-state index in [1.54, 1.807) is 0 Å². The molecule has 1 unspecified atom stereocenters. The Morgan fingerprint density at radius 2 is 2.06 bits per heavy atom. The van der Waals surface area contributed by atoms with Crippen LogP contribution in [-0.4, -0.2) is 9.55 Å². The molecule has 2 aromatic rings. The van der Waals surface area contributed by atoms with Gasteiger partial charge in [0.05, 0.1) is 6.33 Å². The molecule has 1 atom stereocenters. The standard InChI is InChI=1S/C13H17N3/c1-2-16-10-15-9-12(16)8-13(14)11-6-4-3-5-7-11/h3-7,9-10,13H,2,8,14H2,1H3. The zero-order valence-electron chi connectivity index (χ0n) is 9.50. The molecular weight excluding hydrogens is 198 g/mol. The number of aromatic nitrogens is 2. The molecule has 0 aliphatic carbocycles. The fourth-order valence-electron chi connectivity index (χ4n) is 1.85. The molecule has 0 bridgehead atoms. The van der Waals surface area contributed by atoms with Crippen LogP contribution >= 0.6 is 0 Å². The number of hydrogen-bond donors (Lipinski definition) is 1. The summed E-state index contributed by atoms with van der Waals surface area (Å²) in [6, 6.07) is 10.2. The zero-order valence-corrected chi connectivity index (χ0v) is 9.50. The third kappa shape index (κ3) is 2.31. The lowest BCUT2D eigenvalue weighted by Crippen LogP contribution is -2.15. The van der Waals surface area contributed by atoms with E-state index in [-0.39, 0.29) is 6.04 Å². The Hall–Kier alpha value is -1.61. The van der Waals surface area contributed by atoms with Gasteiger partial charge in [0.2, 0.25) is 0 Å². The minimum Gasteiger partial charge on any atom is -0.335 e. The van der Waals surface area contributed by atoms with E-state index >= 15 is 0 Å². The van der Waals surface area contributed by atoms with Gasteiger partial charge in [-0.15, -0.1) is 0 Å². The number of rotatable bonds is 4. The van der Waals surface area contributed by atoms with Crippen molar-refractivity contribution >= 4 is 0 Å². The van der Waals surface area contributed by atoms with Gasteiger partial charge < -0.3 is 10.3 Å². The lowest BCUT2D eigenvalue weighted by molar-refractivity contribution is 0.644. The van der Waals surface area contributed by atoms with Gasteiger partial charge in [0.15, 0.2) is 0 Å². The van der Waals surface area contributed by atoms with E-state index in [2.05, 4.69) is 28.6 Å². The van der Waals surface area contributed by atoms with E-state index < -0.39 is 0 Å². The Morgan fingerprint density at radius 1 is 1.31 bits per heavy atom. The van der Waals surface area contributed by atoms with E-state index in [1.807, 2.05) is 30.7 Å². The largest absolute Gasteiger partial charge is 0.335 e. The van der Waals surface area contributed by atoms with Crippen LogP contribution < -0.4 is 5.73 Å². The third-order valence-corrected chi connectivity index (χ3v) is 2.80. The molecule has 0 saturated heterocycles. The smallest absolute Gasteiger partial charge is 0.0948 e. The van der Waals surface area contributed by atoms with Crippen LogP contribution in [0, 0.1) is 0 Å². The molecule has 1 aromatic carbocycles. The zero-order chi connectivity index (χ0) is 11.4. The van der Waals surface area contributed by atoms with Gasteiger partial charge in [-0.25, -0.2) is 4.98 Å². The van der Waals surface area contributed by atoms with Crippen molar-refractivity contribution in [1.29, 1.82) is 0 Å². The van der Waals surface area contributed by atoms with Gasteiger partial charge in [-0.1, -0.05) is 30.3 Å². The maximum atomic E-state index is 6.17. The molecule has 0 saturated carbocycles. The van der Waals surface area contributed by atoms with Gasteiger partial charge in [0, 0.05) is 30.9 Å². The van der Waals surface area contributed by atoms with Crippen molar-refractivity contribution in [2.75, 3.05) is 0 Å². The second-order valence-corrected chi connectivity index (χ2v) is 3.89. The number of benzene rings is 1. The molecule has 2 rings (SSSR count). The number of imidazole rings is 1. The average Bonchev–Trinajstić information content (AvgIpc) is 2.77. The number of nitrogens with two attached hydrogens (primary N) is 1. The summed E-state index contributed by atoms with van der Waals surface area (Å²) in [6.07, 6.45) is 4.58. The van der Waals surface area contributed by atoms with Crippen LogP contribution in [0.15, 0.2) is 42.9 Å². The van der Waals surface area contributed by atoms with E-state index in [1.165, 1.54) is 11.3 Å². The summed E-state index contributed by atoms with van der Waals surface area (Å²) < 4.78 is 2.13. The summed E-state index contributed by atoms with van der Waals surface area (Å²) in [6.45, 7) is 3.05. The first kappa shape index (κ1) is 10.9. The van der Waals surface area contributed by atoms with Crippen LogP contribution in [0.25, 0.3) is 0 Å². The molecule has 0 amide bonds. The average molecular weight is 215 g/mol. The Labute approximate surface area is 95.9 Å². The summed E-state index contributed by atoms with van der Waals surface area (Å²) in [5, 5.41) is 0. The normalized spacial score (nSPS) is 12.6. The van der Waals surface area contributed by atoms with Crippen molar-refractivity contribution in [2.24, 2.45) is 5.73 Å². The first-order valence-electron chi connectivity index (χ1n) is 5.60. The second kappa shape index (κ2) is 4.94. The summed E-state index contributed by atoms with van der Waals surface area (Å²) >= 11 is 0. The van der Waals surface area contributed by atoms with Crippen LogP contribution in [-0.2, 0) is 13.0 Å². The minimum absolute atomic E-state index is 0.0446. The summed E-state index contributed by atoms with van der Waals surface area (Å²) in [4.78, 5) is 4.15. The number of aryl methyl sites for hydroxylation is 1. The lowest BCUT2D eigenvalue weighted by atomic mass is 10.0. The van der Waals surface area contributed by atoms with Crippen molar-refractivity contribution in [3.05, 3.63) is 54.1 Å². The predicted octanol–water partition coefficient (Wildman–Crippen LogP) is 2.15. The maximum absolute atomic E-state index is 6.17. The van der Waals surface area contributed by atoms with Gasteiger partial charge in [-0.3, -0.25) is 0 Å². The van der Waals surface area contributed by atoms with E-state index in [4.69, 9.17) is 5.73 Å². The van der Waals surface area contributed by atoms with Crippen LogP contribution in [0.4, 0.5) is 0 Å². The van der Waals surface area contributed by atoms with E-state index in [9.17, 15) is 0 Å². The van der Waals surface area contributed by atoms with Gasteiger partial charge in [0.1, 0.15) is 0 Å². The molecule has 1 heterocycles. The van der Waals surface area contributed by atoms with Gasteiger partial charge >= 0.3 is 0 Å². The number of nitrogens with zero attached hydrogens (tertiary/aromatic N) is 2. The van der Waals surface area contributed by atoms with Crippen molar-refractivity contribution < 1.29 is 0 Å². The molecule has 0 aliphatic heterocycles. The van der Waals surface area contributed by atoms with E-state index in [0.717, 1.165) is 13.0 Å². The molecule has 0 radical (unpaired) electrons. The minimum atomic E-state index is 0.0446. The summed E-state index contributed by atoms with van der Waals surface area (Å²) in [7, 11) is 0. The molecule has 1 aromatic heterocycles. The Balaban J connectivity index is 2.11. The molecule has 3 heteroatoms. The molecule has 84 valence electrons. The van der Waals surface area contributed by atoms with Crippen LogP contribution in [0.2, 0.25) is 0 Å². The molecule has 16 heavy (non-hydrogen) atoms. The topological polar surface area (TPSA) is 43.8 Å². The second-order valence-electron chi connectivity index (χ2n) is 3.89. The highest BCUT2D eigenvalue weighted by Crippen LogP contribution is 2.15. The van der Waals surface area contributed by atoms with Crippen LogP contribution in [0.3, 0.4) is 0 Å². The van der Waals surface area contributed by atoms with Crippen LogP contribution in [0.5, 0.6) is 0 Å². The molecule has 0 fully saturated rings. The first-order valence-corrected chi connectivity index (χ1v) is 5.60. The molecule has 3 nitrogen and oxygen atoms in total. The quantitative estimate of drug-likeness (QED) is 0.849. The molecule has 0 spiro atoms. The third-order valence-electron chi connectivity index (χ3n) is 2.80. The van der Waals surface area contributed by atoms with Crippen LogP contribution in [0.1, 0.15) is 24.2 Å². The highest BCUT2D eigenvalue weighted by atomic mass is 15.0. The van der Waals surface area contributed by atoms with Crippen molar-refractivity contribution in [2.45, 2.75) is 25.9 Å². The monoisotopic (exact) mass is 215 g/mol. The highest BCUT2D eigenvalue weighted by molar-refractivity contribution is 5.20. The Morgan fingerprint density at radius 3 is 2.75 bits per heavy atom.